The summed E-state index contributed by atoms with van der Waals surface area (Å²) >= 11 is 6.16. The minimum absolute atomic E-state index is 0. The Hall–Kier alpha value is -2.03. The number of hydrogen-bond acceptors (Lipinski definition) is 7. The molecule has 1 heterocycles. The molecule has 0 aliphatic rings. The molecule has 0 spiro atoms. The minimum atomic E-state index is -0.856. The molecule has 27 heavy (non-hydrogen) atoms. The molecule has 8 nitrogen and oxygen atoms in total. The highest BCUT2D eigenvalue weighted by molar-refractivity contribution is 6.31. The van der Waals surface area contributed by atoms with Crippen LogP contribution in [0.4, 0.5) is 16.3 Å². The molecule has 0 saturated heterocycles. The average molecular weight is 418 g/mol. The zero-order chi connectivity index (χ0) is 19.1. The lowest BCUT2D eigenvalue weighted by Crippen LogP contribution is -2.27. The quantitative estimate of drug-likeness (QED) is 0.652. The fourth-order valence-electron chi connectivity index (χ4n) is 2.28. The van der Waals surface area contributed by atoms with Gasteiger partial charge in [0.1, 0.15) is 0 Å². The zero-order valence-corrected chi connectivity index (χ0v) is 17.4. The van der Waals surface area contributed by atoms with Crippen LogP contribution in [-0.4, -0.2) is 52.8 Å². The summed E-state index contributed by atoms with van der Waals surface area (Å²) in [5, 5.41) is 12.3. The number of aryl methyl sites for hydroxylation is 1. The van der Waals surface area contributed by atoms with E-state index in [2.05, 4.69) is 39.0 Å². The van der Waals surface area contributed by atoms with Crippen LogP contribution in [0, 0.1) is 6.92 Å². The SMILES string of the molecule is CCN(CC)CCn1nc(Nc2ccc(C)c(Cl)c2)c(OC(=O)OC)n1.Cl. The smallest absolute Gasteiger partial charge is 0.437 e. The molecule has 0 unspecified atom stereocenters. The van der Waals surface area contributed by atoms with Gasteiger partial charge in [0, 0.05) is 17.3 Å². The molecular weight excluding hydrogens is 393 g/mol. The number of rotatable bonds is 8. The predicted molar refractivity (Wildman–Crippen MR) is 108 cm³/mol. The van der Waals surface area contributed by atoms with Crippen molar-refractivity contribution < 1.29 is 14.3 Å². The van der Waals surface area contributed by atoms with E-state index >= 15 is 0 Å². The van der Waals surface area contributed by atoms with Gasteiger partial charge in [-0.3, -0.25) is 0 Å². The molecule has 1 aromatic carbocycles. The molecule has 1 N–H and O–H groups in total. The Balaban J connectivity index is 0.00000364. The van der Waals surface area contributed by atoms with Crippen LogP contribution in [-0.2, 0) is 11.3 Å². The van der Waals surface area contributed by atoms with E-state index in [-0.39, 0.29) is 18.3 Å². The molecular formula is C17H25Cl2N5O3. The Morgan fingerprint density at radius 3 is 2.59 bits per heavy atom. The highest BCUT2D eigenvalue weighted by atomic mass is 35.5. The molecule has 0 atom stereocenters. The maximum atomic E-state index is 11.5. The predicted octanol–water partition coefficient (Wildman–Crippen LogP) is 3.89. The van der Waals surface area contributed by atoms with Crippen molar-refractivity contribution in [3.05, 3.63) is 28.8 Å². The Labute approximate surface area is 170 Å². The molecule has 150 valence electrons. The molecule has 10 heteroatoms. The van der Waals surface area contributed by atoms with E-state index in [4.69, 9.17) is 16.3 Å². The lowest BCUT2D eigenvalue weighted by Gasteiger charge is -2.16. The number of nitrogens with one attached hydrogen (secondary N) is 1. The Kier molecular flexibility index (Phi) is 9.34. The van der Waals surface area contributed by atoms with Gasteiger partial charge in [-0.25, -0.2) is 4.79 Å². The number of anilines is 2. The van der Waals surface area contributed by atoms with Crippen molar-refractivity contribution in [2.45, 2.75) is 27.3 Å². The van der Waals surface area contributed by atoms with Crippen LogP contribution >= 0.6 is 24.0 Å². The summed E-state index contributed by atoms with van der Waals surface area (Å²) in [5.74, 6) is 0.364. The number of nitrogens with zero attached hydrogens (tertiary/aromatic N) is 4. The number of carbonyl (C=O) groups is 1. The molecule has 0 fully saturated rings. The topological polar surface area (TPSA) is 81.5 Å². The molecule has 0 saturated carbocycles. The van der Waals surface area contributed by atoms with Crippen LogP contribution in [0.15, 0.2) is 18.2 Å². The standard InChI is InChI=1S/C17H24ClN5O3.ClH/c1-5-22(6-2)9-10-23-20-15(16(21-23)26-17(24)25-4)19-13-8-7-12(3)14(18)11-13;/h7-8,11H,5-6,9-10H2,1-4H3,(H,19,20);1H. The minimum Gasteiger partial charge on any atom is -0.437 e. The van der Waals surface area contributed by atoms with Crippen LogP contribution in [0.25, 0.3) is 0 Å². The van der Waals surface area contributed by atoms with E-state index in [1.54, 1.807) is 6.07 Å². The van der Waals surface area contributed by atoms with Gasteiger partial charge >= 0.3 is 6.16 Å². The summed E-state index contributed by atoms with van der Waals surface area (Å²) in [7, 11) is 1.24. The molecule has 0 aliphatic heterocycles. The largest absolute Gasteiger partial charge is 0.515 e. The first-order valence-electron chi connectivity index (χ1n) is 8.43. The van der Waals surface area contributed by atoms with Crippen molar-refractivity contribution in [1.29, 1.82) is 0 Å². The van der Waals surface area contributed by atoms with Crippen molar-refractivity contribution in [1.82, 2.24) is 19.9 Å². The number of ether oxygens (including phenoxy) is 2. The van der Waals surface area contributed by atoms with Crippen molar-refractivity contribution in [3.8, 4) is 5.88 Å². The van der Waals surface area contributed by atoms with Gasteiger partial charge in [-0.2, -0.15) is 4.80 Å². The number of halogens is 2. The number of methoxy groups -OCH3 is 1. The fraction of sp³-hybridized carbons (Fsp3) is 0.471. The van der Waals surface area contributed by atoms with Crippen molar-refractivity contribution in [2.24, 2.45) is 0 Å². The molecule has 0 radical (unpaired) electrons. The zero-order valence-electron chi connectivity index (χ0n) is 15.9. The first kappa shape index (κ1) is 23.0. The van der Waals surface area contributed by atoms with Crippen LogP contribution in [0.3, 0.4) is 0 Å². The van der Waals surface area contributed by atoms with E-state index in [1.165, 1.54) is 11.9 Å². The van der Waals surface area contributed by atoms with E-state index in [0.29, 0.717) is 23.1 Å². The molecule has 0 amide bonds. The van der Waals surface area contributed by atoms with Crippen LogP contribution in [0.2, 0.25) is 5.02 Å². The molecule has 2 aromatic rings. The third-order valence-electron chi connectivity index (χ3n) is 3.92. The van der Waals surface area contributed by atoms with Gasteiger partial charge in [-0.15, -0.1) is 22.6 Å². The van der Waals surface area contributed by atoms with Gasteiger partial charge in [0.25, 0.3) is 5.88 Å². The summed E-state index contributed by atoms with van der Waals surface area (Å²) in [6, 6.07) is 5.52. The van der Waals surface area contributed by atoms with Crippen LogP contribution < -0.4 is 10.1 Å². The second-order valence-corrected chi connectivity index (χ2v) is 6.03. The number of hydrogen-bond donors (Lipinski definition) is 1. The highest BCUT2D eigenvalue weighted by Crippen LogP contribution is 2.27. The Bertz CT molecular complexity index is 750. The van der Waals surface area contributed by atoms with Gasteiger partial charge in [-0.1, -0.05) is 31.5 Å². The summed E-state index contributed by atoms with van der Waals surface area (Å²) < 4.78 is 9.64. The van der Waals surface area contributed by atoms with E-state index in [9.17, 15) is 4.79 Å². The van der Waals surface area contributed by atoms with Gasteiger partial charge in [0.2, 0.25) is 5.82 Å². The van der Waals surface area contributed by atoms with Gasteiger partial charge in [0.05, 0.1) is 13.7 Å². The third kappa shape index (κ3) is 6.57. The second kappa shape index (κ2) is 11.0. The Morgan fingerprint density at radius 1 is 1.30 bits per heavy atom. The highest BCUT2D eigenvalue weighted by Gasteiger charge is 2.17. The van der Waals surface area contributed by atoms with Gasteiger partial charge in [-0.05, 0) is 37.7 Å². The van der Waals surface area contributed by atoms with Crippen LogP contribution in [0.1, 0.15) is 19.4 Å². The van der Waals surface area contributed by atoms with E-state index in [0.717, 1.165) is 25.2 Å². The van der Waals surface area contributed by atoms with Gasteiger partial charge < -0.3 is 19.7 Å². The Morgan fingerprint density at radius 2 is 2.00 bits per heavy atom. The number of benzene rings is 1. The second-order valence-electron chi connectivity index (χ2n) is 5.62. The summed E-state index contributed by atoms with van der Waals surface area (Å²) in [6.07, 6.45) is -0.856. The lowest BCUT2D eigenvalue weighted by molar-refractivity contribution is 0.119. The van der Waals surface area contributed by atoms with Crippen molar-refractivity contribution in [2.75, 3.05) is 32.1 Å². The van der Waals surface area contributed by atoms with Crippen molar-refractivity contribution >= 4 is 41.7 Å². The first-order chi connectivity index (χ1) is 12.5. The summed E-state index contributed by atoms with van der Waals surface area (Å²) in [5.41, 5.74) is 1.68. The number of likely N-dealkylation sites (N-methyl/N-ethyl adjacent to an activating group) is 1. The molecule has 0 bridgehead atoms. The number of aromatic nitrogens is 3. The normalized spacial score (nSPS) is 10.4. The summed E-state index contributed by atoms with van der Waals surface area (Å²) in [6.45, 7) is 9.35. The maximum Gasteiger partial charge on any atom is 0.515 e. The van der Waals surface area contributed by atoms with Crippen LogP contribution in [0.5, 0.6) is 5.88 Å². The van der Waals surface area contributed by atoms with Gasteiger partial charge in [0.15, 0.2) is 0 Å². The third-order valence-corrected chi connectivity index (χ3v) is 4.32. The molecule has 1 aromatic heterocycles. The van der Waals surface area contributed by atoms with Crippen molar-refractivity contribution in [3.63, 3.8) is 0 Å². The fourth-order valence-corrected chi connectivity index (χ4v) is 2.46. The lowest BCUT2D eigenvalue weighted by atomic mass is 10.2. The molecule has 0 aliphatic carbocycles. The number of carbonyl (C=O) groups excluding carboxylic acids is 1. The summed E-state index contributed by atoms with van der Waals surface area (Å²) in [4.78, 5) is 15.2. The van der Waals surface area contributed by atoms with E-state index in [1.807, 2.05) is 19.1 Å². The molecule has 2 rings (SSSR count). The monoisotopic (exact) mass is 417 g/mol. The van der Waals surface area contributed by atoms with E-state index < -0.39 is 6.16 Å². The maximum absolute atomic E-state index is 11.5. The first-order valence-corrected chi connectivity index (χ1v) is 8.81. The average Bonchev–Trinajstić information content (AvgIpc) is 3.00.